The lowest BCUT2D eigenvalue weighted by atomic mass is 9.80. The van der Waals surface area contributed by atoms with E-state index in [0.29, 0.717) is 23.6 Å². The molecule has 0 amide bonds. The summed E-state index contributed by atoms with van der Waals surface area (Å²) in [6.45, 7) is 0. The van der Waals surface area contributed by atoms with Crippen molar-refractivity contribution < 1.29 is 4.39 Å². The summed E-state index contributed by atoms with van der Waals surface area (Å²) in [5.41, 5.74) is 5.37. The molecule has 3 aromatic rings. The molecule has 5 rings (SSSR count). The first-order chi connectivity index (χ1) is 11.8. The zero-order valence-corrected chi connectivity index (χ0v) is 14.3. The number of hydrogen-bond acceptors (Lipinski definition) is 2. The van der Waals surface area contributed by atoms with Gasteiger partial charge in [-0.1, -0.05) is 54.6 Å². The van der Waals surface area contributed by atoms with Crippen LogP contribution < -0.4 is 5.32 Å². The van der Waals surface area contributed by atoms with Crippen molar-refractivity contribution >= 4 is 12.4 Å². The summed E-state index contributed by atoms with van der Waals surface area (Å²) in [6, 6.07) is 20.9. The van der Waals surface area contributed by atoms with Crippen LogP contribution in [-0.4, -0.2) is 4.98 Å². The van der Waals surface area contributed by atoms with Gasteiger partial charge in [0.1, 0.15) is 0 Å². The van der Waals surface area contributed by atoms with Crippen LogP contribution in [0.2, 0.25) is 0 Å². The third kappa shape index (κ3) is 2.55. The molecule has 0 unspecified atom stereocenters. The first-order valence-corrected chi connectivity index (χ1v) is 8.37. The Labute approximate surface area is 152 Å². The van der Waals surface area contributed by atoms with Gasteiger partial charge in [0.05, 0.1) is 0 Å². The maximum atomic E-state index is 14.2. The van der Waals surface area contributed by atoms with Gasteiger partial charge in [-0.3, -0.25) is 0 Å². The summed E-state index contributed by atoms with van der Waals surface area (Å²) < 4.78 is 14.2. The fourth-order valence-electron chi connectivity index (χ4n) is 4.24. The Kier molecular flexibility index (Phi) is 4.06. The number of benzene rings is 2. The number of pyridine rings is 1. The Hall–Kier alpha value is -2.23. The van der Waals surface area contributed by atoms with E-state index >= 15 is 0 Å². The topological polar surface area (TPSA) is 24.9 Å². The van der Waals surface area contributed by atoms with E-state index in [1.807, 2.05) is 36.4 Å². The molecule has 3 atom stereocenters. The number of nitrogens with zero attached hydrogens (tertiary/aromatic N) is 1. The summed E-state index contributed by atoms with van der Waals surface area (Å²) >= 11 is 0. The van der Waals surface area contributed by atoms with Crippen LogP contribution in [0.1, 0.15) is 41.1 Å². The standard InChI is InChI=1S/C21H17FN2.ClH/c22-21-18(13-6-2-1-3-7-13)10-14(12-23-21)17-11-19-15-8-4-5-9-16(15)20(17)24-19;/h1-10,12,17,19-20,24H,11H2;1H/t17-,19-,20-;/m1./s1. The molecule has 1 saturated heterocycles. The maximum absolute atomic E-state index is 14.2. The van der Waals surface area contributed by atoms with Crippen LogP contribution in [0.5, 0.6) is 0 Å². The van der Waals surface area contributed by atoms with Crippen LogP contribution in [0.15, 0.2) is 66.9 Å². The Morgan fingerprint density at radius 1 is 0.960 bits per heavy atom. The summed E-state index contributed by atoms with van der Waals surface area (Å²) in [7, 11) is 0. The Morgan fingerprint density at radius 2 is 1.68 bits per heavy atom. The SMILES string of the molecule is Cl.Fc1ncc([C@H]2C[C@H]3N[C@@H]2c2ccccc23)cc1-c1ccccc1. The van der Waals surface area contributed by atoms with E-state index in [9.17, 15) is 4.39 Å². The molecule has 2 aromatic carbocycles. The largest absolute Gasteiger partial charge is 0.302 e. The molecule has 0 radical (unpaired) electrons. The number of halogens is 2. The highest BCUT2D eigenvalue weighted by atomic mass is 35.5. The molecule has 3 heterocycles. The normalized spacial score (nSPS) is 23.2. The van der Waals surface area contributed by atoms with Gasteiger partial charge in [0.15, 0.2) is 0 Å². The van der Waals surface area contributed by atoms with Gasteiger partial charge in [-0.05, 0) is 34.7 Å². The van der Waals surface area contributed by atoms with Gasteiger partial charge in [-0.15, -0.1) is 12.4 Å². The van der Waals surface area contributed by atoms with E-state index in [-0.39, 0.29) is 12.4 Å². The van der Waals surface area contributed by atoms with Gasteiger partial charge in [0.2, 0.25) is 5.95 Å². The molecular weight excluding hydrogens is 335 g/mol. The fraction of sp³-hybridized carbons (Fsp3) is 0.190. The van der Waals surface area contributed by atoms with Crippen LogP contribution in [0.3, 0.4) is 0 Å². The van der Waals surface area contributed by atoms with Gasteiger partial charge in [-0.2, -0.15) is 4.39 Å². The molecular formula is C21H18ClFN2. The van der Waals surface area contributed by atoms with Crippen LogP contribution in [0.25, 0.3) is 11.1 Å². The maximum Gasteiger partial charge on any atom is 0.220 e. The van der Waals surface area contributed by atoms with Crippen molar-refractivity contribution in [2.24, 2.45) is 0 Å². The van der Waals surface area contributed by atoms with Crippen molar-refractivity contribution in [3.63, 3.8) is 0 Å². The third-order valence-electron chi connectivity index (χ3n) is 5.35. The van der Waals surface area contributed by atoms with E-state index in [1.165, 1.54) is 11.1 Å². The summed E-state index contributed by atoms with van der Waals surface area (Å²) in [6.07, 6.45) is 2.75. The van der Waals surface area contributed by atoms with E-state index in [1.54, 1.807) is 6.20 Å². The lowest BCUT2D eigenvalue weighted by molar-refractivity contribution is 0.566. The van der Waals surface area contributed by atoms with E-state index in [2.05, 4.69) is 34.6 Å². The quantitative estimate of drug-likeness (QED) is 0.642. The highest BCUT2D eigenvalue weighted by Crippen LogP contribution is 2.52. The smallest absolute Gasteiger partial charge is 0.220 e. The van der Waals surface area contributed by atoms with Crippen molar-refractivity contribution in [1.82, 2.24) is 10.3 Å². The van der Waals surface area contributed by atoms with Gasteiger partial charge < -0.3 is 5.32 Å². The van der Waals surface area contributed by atoms with Crippen LogP contribution in [0.4, 0.5) is 4.39 Å². The number of fused-ring (bicyclic) bond motifs is 5. The van der Waals surface area contributed by atoms with Gasteiger partial charge in [0, 0.05) is 29.8 Å². The van der Waals surface area contributed by atoms with Crippen LogP contribution in [-0.2, 0) is 0 Å². The number of nitrogens with one attached hydrogen (secondary N) is 1. The molecule has 0 spiro atoms. The number of aromatic nitrogens is 1. The minimum Gasteiger partial charge on any atom is -0.302 e. The molecule has 25 heavy (non-hydrogen) atoms. The molecule has 2 nitrogen and oxygen atoms in total. The molecule has 2 aliphatic heterocycles. The fourth-order valence-corrected chi connectivity index (χ4v) is 4.24. The predicted octanol–water partition coefficient (Wildman–Crippen LogP) is 5.18. The highest BCUT2D eigenvalue weighted by molar-refractivity contribution is 5.85. The zero-order chi connectivity index (χ0) is 16.1. The average molecular weight is 353 g/mol. The lowest BCUT2D eigenvalue weighted by Gasteiger charge is -2.23. The van der Waals surface area contributed by atoms with E-state index in [0.717, 1.165) is 17.5 Å². The third-order valence-corrected chi connectivity index (χ3v) is 5.35. The first kappa shape index (κ1) is 16.2. The van der Waals surface area contributed by atoms with E-state index < -0.39 is 5.95 Å². The second kappa shape index (κ2) is 6.25. The minimum atomic E-state index is -0.401. The second-order valence-corrected chi connectivity index (χ2v) is 6.64. The number of rotatable bonds is 2. The van der Waals surface area contributed by atoms with Crippen LogP contribution in [0, 0.1) is 5.95 Å². The second-order valence-electron chi connectivity index (χ2n) is 6.64. The first-order valence-electron chi connectivity index (χ1n) is 8.37. The minimum absolute atomic E-state index is 0. The highest BCUT2D eigenvalue weighted by Gasteiger charge is 2.43. The molecule has 1 N–H and O–H groups in total. The van der Waals surface area contributed by atoms with Crippen molar-refractivity contribution in [2.75, 3.05) is 0 Å². The van der Waals surface area contributed by atoms with Crippen molar-refractivity contribution in [1.29, 1.82) is 0 Å². The van der Waals surface area contributed by atoms with Crippen molar-refractivity contribution in [3.05, 3.63) is 89.5 Å². The van der Waals surface area contributed by atoms with Gasteiger partial charge in [0.25, 0.3) is 0 Å². The van der Waals surface area contributed by atoms with Gasteiger partial charge >= 0.3 is 0 Å². The summed E-state index contributed by atoms with van der Waals surface area (Å²) in [5, 5.41) is 3.69. The van der Waals surface area contributed by atoms with Gasteiger partial charge in [-0.25, -0.2) is 4.98 Å². The van der Waals surface area contributed by atoms with Crippen molar-refractivity contribution in [2.45, 2.75) is 24.4 Å². The Bertz CT molecular complexity index is 913. The Morgan fingerprint density at radius 3 is 2.48 bits per heavy atom. The Balaban J connectivity index is 0.00000157. The molecule has 1 aromatic heterocycles. The van der Waals surface area contributed by atoms with Crippen molar-refractivity contribution in [3.8, 4) is 11.1 Å². The molecule has 4 heteroatoms. The summed E-state index contributed by atoms with van der Waals surface area (Å²) in [5.74, 6) is -0.0538. The monoisotopic (exact) mass is 352 g/mol. The predicted molar refractivity (Wildman–Crippen MR) is 99.3 cm³/mol. The average Bonchev–Trinajstić information content (AvgIpc) is 3.23. The molecule has 1 fully saturated rings. The van der Waals surface area contributed by atoms with E-state index in [4.69, 9.17) is 0 Å². The molecule has 126 valence electrons. The molecule has 2 aliphatic rings. The molecule has 0 aliphatic carbocycles. The molecule has 0 saturated carbocycles. The van der Waals surface area contributed by atoms with Crippen LogP contribution >= 0.6 is 12.4 Å². The number of hydrogen-bond donors (Lipinski definition) is 1. The summed E-state index contributed by atoms with van der Waals surface area (Å²) in [4.78, 5) is 4.05. The lowest BCUT2D eigenvalue weighted by Crippen LogP contribution is -2.13. The molecule has 2 bridgehead atoms. The zero-order valence-electron chi connectivity index (χ0n) is 13.5.